The fourth-order valence-electron chi connectivity index (χ4n) is 2.78. The summed E-state index contributed by atoms with van der Waals surface area (Å²) in [6.45, 7) is 10.8. The first-order valence-corrected chi connectivity index (χ1v) is 10.5. The lowest BCUT2D eigenvalue weighted by Gasteiger charge is -2.34. The molecule has 0 aliphatic carbocycles. The van der Waals surface area contributed by atoms with Gasteiger partial charge in [0.15, 0.2) is 0 Å². The Morgan fingerprint density at radius 3 is 2.37 bits per heavy atom. The van der Waals surface area contributed by atoms with Gasteiger partial charge in [-0.2, -0.15) is 0 Å². The second kappa shape index (κ2) is 7.66. The topological polar surface area (TPSA) is 20.2 Å². The molecule has 0 aliphatic heterocycles. The van der Waals surface area contributed by atoms with Crippen LogP contribution in [-0.4, -0.2) is 19.3 Å². The predicted molar refractivity (Wildman–Crippen MR) is 87.7 cm³/mol. The van der Waals surface area contributed by atoms with Crippen LogP contribution < -0.4 is 5.19 Å². The smallest absolute Gasteiger partial charge is 0.0901 e. The molecular formula is C17H28OSi. The van der Waals surface area contributed by atoms with Crippen molar-refractivity contribution in [1.82, 2.24) is 0 Å². The number of hydrogen-bond acceptors (Lipinski definition) is 1. The Bertz CT molecular complexity index is 372. The van der Waals surface area contributed by atoms with Gasteiger partial charge in [0.25, 0.3) is 0 Å². The molecule has 1 nitrogen and oxygen atoms in total. The first kappa shape index (κ1) is 16.2. The molecule has 1 aromatic carbocycles. The van der Waals surface area contributed by atoms with Crippen molar-refractivity contribution in [2.75, 3.05) is 0 Å². The van der Waals surface area contributed by atoms with E-state index in [-0.39, 0.29) is 11.6 Å². The lowest BCUT2D eigenvalue weighted by Crippen LogP contribution is -2.49. The van der Waals surface area contributed by atoms with Crippen molar-refractivity contribution < 1.29 is 5.11 Å². The van der Waals surface area contributed by atoms with E-state index in [0.717, 1.165) is 12.8 Å². The maximum Gasteiger partial charge on any atom is 0.0901 e. The minimum absolute atomic E-state index is 0.228. The summed E-state index contributed by atoms with van der Waals surface area (Å²) in [6.07, 6.45) is 6.15. The first-order chi connectivity index (χ1) is 9.04. The van der Waals surface area contributed by atoms with Crippen LogP contribution in [0.5, 0.6) is 0 Å². The maximum absolute atomic E-state index is 10.5. The van der Waals surface area contributed by atoms with Crippen molar-refractivity contribution in [2.45, 2.75) is 57.3 Å². The zero-order valence-electron chi connectivity index (χ0n) is 12.6. The lowest BCUT2D eigenvalue weighted by atomic mass is 10.1. The maximum atomic E-state index is 10.5. The predicted octanol–water partition coefficient (Wildman–Crippen LogP) is 4.10. The van der Waals surface area contributed by atoms with Crippen molar-refractivity contribution in [2.24, 2.45) is 0 Å². The number of benzene rings is 1. The van der Waals surface area contributed by atoms with Gasteiger partial charge in [0.1, 0.15) is 0 Å². The Morgan fingerprint density at radius 1 is 1.21 bits per heavy atom. The van der Waals surface area contributed by atoms with Crippen LogP contribution in [0.3, 0.4) is 0 Å². The van der Waals surface area contributed by atoms with E-state index < -0.39 is 8.07 Å². The average molecular weight is 276 g/mol. The van der Waals surface area contributed by atoms with E-state index in [1.165, 1.54) is 18.0 Å². The highest BCUT2D eigenvalue weighted by Crippen LogP contribution is 2.29. The number of rotatable bonds is 8. The largest absolute Gasteiger partial charge is 0.393 e. The van der Waals surface area contributed by atoms with E-state index in [1.807, 2.05) is 6.08 Å². The molecule has 2 atom stereocenters. The summed E-state index contributed by atoms with van der Waals surface area (Å²) < 4.78 is 0. The highest BCUT2D eigenvalue weighted by Gasteiger charge is 2.35. The third-order valence-corrected chi connectivity index (χ3v) is 8.23. The molecule has 0 fully saturated rings. The number of hydrogen-bond donors (Lipinski definition) is 1. The van der Waals surface area contributed by atoms with Crippen LogP contribution in [0.1, 0.15) is 32.6 Å². The normalized spacial score (nSPS) is 14.9. The highest BCUT2D eigenvalue weighted by atomic mass is 28.3. The summed E-state index contributed by atoms with van der Waals surface area (Å²) in [5.74, 6) is 0. The Morgan fingerprint density at radius 2 is 1.84 bits per heavy atom. The minimum atomic E-state index is -1.70. The molecule has 0 heterocycles. The fourth-order valence-corrected chi connectivity index (χ4v) is 5.93. The standard InChI is InChI=1S/C17H28OSi/c1-5-7-9-14-16(18)17(6-2)19(3,4)15-12-10-8-11-13-15/h6,8,10-13,16-18H,2,5,7,9,14H2,1,3-4H3/t16-,17-/m0/s1. The van der Waals surface area contributed by atoms with Gasteiger partial charge in [-0.1, -0.05) is 80.9 Å². The molecule has 0 aromatic heterocycles. The van der Waals surface area contributed by atoms with Crippen LogP contribution in [0, 0.1) is 0 Å². The molecule has 2 heteroatoms. The van der Waals surface area contributed by atoms with Gasteiger partial charge in [0.05, 0.1) is 14.2 Å². The third kappa shape index (κ3) is 4.32. The zero-order chi connectivity index (χ0) is 14.3. The molecule has 0 unspecified atom stereocenters. The molecule has 1 aromatic rings. The van der Waals surface area contributed by atoms with Crippen LogP contribution in [0.15, 0.2) is 43.0 Å². The lowest BCUT2D eigenvalue weighted by molar-refractivity contribution is 0.162. The first-order valence-electron chi connectivity index (χ1n) is 7.40. The van der Waals surface area contributed by atoms with Crippen LogP contribution in [0.4, 0.5) is 0 Å². The monoisotopic (exact) mass is 276 g/mol. The SMILES string of the molecule is C=C[C@@H]([C@@H](O)CCCCC)[Si](C)(C)c1ccccc1. The van der Waals surface area contributed by atoms with Gasteiger partial charge in [0, 0.05) is 5.54 Å². The molecule has 0 saturated carbocycles. The molecule has 0 saturated heterocycles. The van der Waals surface area contributed by atoms with Gasteiger partial charge < -0.3 is 5.11 Å². The molecular weight excluding hydrogens is 248 g/mol. The molecule has 0 radical (unpaired) electrons. The van der Waals surface area contributed by atoms with Crippen molar-refractivity contribution >= 4 is 13.3 Å². The second-order valence-electron chi connectivity index (χ2n) is 5.91. The zero-order valence-corrected chi connectivity index (χ0v) is 13.6. The van der Waals surface area contributed by atoms with Crippen molar-refractivity contribution in [3.8, 4) is 0 Å². The molecule has 1 rings (SSSR count). The second-order valence-corrected chi connectivity index (χ2v) is 10.6. The van der Waals surface area contributed by atoms with Crippen molar-refractivity contribution in [1.29, 1.82) is 0 Å². The Hall–Kier alpha value is -0.863. The molecule has 0 amide bonds. The summed E-state index contributed by atoms with van der Waals surface area (Å²) in [4.78, 5) is 0. The van der Waals surface area contributed by atoms with E-state index in [4.69, 9.17) is 0 Å². The molecule has 106 valence electrons. The molecule has 19 heavy (non-hydrogen) atoms. The van der Waals surface area contributed by atoms with E-state index in [2.05, 4.69) is 56.9 Å². The fraction of sp³-hybridized carbons (Fsp3) is 0.529. The van der Waals surface area contributed by atoms with Crippen molar-refractivity contribution in [3.63, 3.8) is 0 Å². The summed E-state index contributed by atoms with van der Waals surface area (Å²) in [7, 11) is -1.70. The van der Waals surface area contributed by atoms with Gasteiger partial charge in [-0.3, -0.25) is 0 Å². The van der Waals surface area contributed by atoms with E-state index in [1.54, 1.807) is 0 Å². The summed E-state index contributed by atoms with van der Waals surface area (Å²) in [6, 6.07) is 10.6. The Kier molecular flexibility index (Phi) is 6.53. The van der Waals surface area contributed by atoms with Crippen LogP contribution in [0.2, 0.25) is 18.6 Å². The van der Waals surface area contributed by atoms with Gasteiger partial charge in [-0.15, -0.1) is 6.58 Å². The van der Waals surface area contributed by atoms with Crippen molar-refractivity contribution in [3.05, 3.63) is 43.0 Å². The van der Waals surface area contributed by atoms with E-state index in [9.17, 15) is 5.11 Å². The Labute approximate surface area is 119 Å². The van der Waals surface area contributed by atoms with Gasteiger partial charge in [-0.25, -0.2) is 0 Å². The minimum Gasteiger partial charge on any atom is -0.393 e. The van der Waals surface area contributed by atoms with Gasteiger partial charge >= 0.3 is 0 Å². The third-order valence-electron chi connectivity index (χ3n) is 4.12. The van der Waals surface area contributed by atoms with Gasteiger partial charge in [-0.05, 0) is 6.42 Å². The molecule has 1 N–H and O–H groups in total. The number of unbranched alkanes of at least 4 members (excludes halogenated alkanes) is 2. The summed E-state index contributed by atoms with van der Waals surface area (Å²) in [5, 5.41) is 11.9. The van der Waals surface area contributed by atoms with Crippen LogP contribution >= 0.6 is 0 Å². The van der Waals surface area contributed by atoms with Gasteiger partial charge in [0.2, 0.25) is 0 Å². The highest BCUT2D eigenvalue weighted by molar-refractivity contribution is 6.91. The number of aliphatic hydroxyl groups excluding tert-OH is 1. The quantitative estimate of drug-likeness (QED) is 0.430. The van der Waals surface area contributed by atoms with Crippen LogP contribution in [0.25, 0.3) is 0 Å². The molecule has 0 aliphatic rings. The molecule has 0 bridgehead atoms. The van der Waals surface area contributed by atoms with E-state index in [0.29, 0.717) is 0 Å². The van der Waals surface area contributed by atoms with E-state index >= 15 is 0 Å². The summed E-state index contributed by atoms with van der Waals surface area (Å²) >= 11 is 0. The molecule has 0 spiro atoms. The number of aliphatic hydroxyl groups is 1. The van der Waals surface area contributed by atoms with Crippen LogP contribution in [-0.2, 0) is 0 Å². The summed E-state index contributed by atoms with van der Waals surface area (Å²) in [5.41, 5.74) is 0.228. The average Bonchev–Trinajstić information content (AvgIpc) is 2.40. The Balaban J connectivity index is 2.80.